The monoisotopic (exact) mass is 370 g/mol. The van der Waals surface area contributed by atoms with Crippen LogP contribution in [0.4, 0.5) is 5.13 Å². The van der Waals surface area contributed by atoms with Crippen LogP contribution in [-0.2, 0) is 17.8 Å². The molecule has 26 heavy (non-hydrogen) atoms. The molecule has 0 aliphatic rings. The molecule has 0 aliphatic carbocycles. The van der Waals surface area contributed by atoms with E-state index >= 15 is 0 Å². The molecule has 0 bridgehead atoms. The Balaban J connectivity index is 1.84. The van der Waals surface area contributed by atoms with Crippen molar-refractivity contribution in [3.8, 4) is 0 Å². The number of nitrogens with one attached hydrogen (secondary N) is 1. The highest BCUT2D eigenvalue weighted by atomic mass is 32.1. The number of amides is 1. The van der Waals surface area contributed by atoms with Gasteiger partial charge in [-0.25, -0.2) is 0 Å². The summed E-state index contributed by atoms with van der Waals surface area (Å²) in [5.41, 5.74) is 3.97. The van der Waals surface area contributed by atoms with Crippen LogP contribution in [0.1, 0.15) is 35.0 Å². The average Bonchev–Trinajstić information content (AvgIpc) is 3.02. The summed E-state index contributed by atoms with van der Waals surface area (Å²) in [6.45, 7) is 8.30. The summed E-state index contributed by atoms with van der Waals surface area (Å²) < 4.78 is 1.69. The zero-order chi connectivity index (χ0) is 18.8. The Labute approximate surface area is 155 Å². The summed E-state index contributed by atoms with van der Waals surface area (Å²) in [7, 11) is 0. The topological polar surface area (TPSA) is 76.9 Å². The van der Waals surface area contributed by atoms with Gasteiger partial charge in [0.05, 0.1) is 5.52 Å². The molecule has 0 aliphatic heterocycles. The number of rotatable bonds is 5. The van der Waals surface area contributed by atoms with E-state index in [0.717, 1.165) is 39.0 Å². The molecule has 2 heterocycles. The van der Waals surface area contributed by atoms with Crippen LogP contribution in [0, 0.1) is 20.8 Å². The molecule has 1 amide bonds. The van der Waals surface area contributed by atoms with Crippen molar-refractivity contribution >= 4 is 33.3 Å². The lowest BCUT2D eigenvalue weighted by Gasteiger charge is -2.15. The van der Waals surface area contributed by atoms with Crippen LogP contribution in [0.3, 0.4) is 0 Å². The third-order valence-corrected chi connectivity index (χ3v) is 5.31. The van der Waals surface area contributed by atoms with Crippen LogP contribution in [0.2, 0.25) is 0 Å². The second kappa shape index (κ2) is 7.37. The lowest BCUT2D eigenvalue weighted by atomic mass is 10.0. The first kappa shape index (κ1) is 18.3. The summed E-state index contributed by atoms with van der Waals surface area (Å²) in [5.74, 6) is -0.172. The van der Waals surface area contributed by atoms with Gasteiger partial charge in [0.1, 0.15) is 5.01 Å². The molecule has 3 aromatic rings. The predicted molar refractivity (Wildman–Crippen MR) is 105 cm³/mol. The SMILES string of the molecule is CCc1nnc(NC(=O)CCn2c(=O)cc(C)c3cc(C)cc(C)c32)s1. The number of hydrogen-bond acceptors (Lipinski definition) is 5. The standard InChI is InChI=1S/C19H22N4O2S/c1-5-16-21-22-19(26-16)20-15(24)6-7-23-17(25)10-12(3)14-9-11(2)8-13(4)18(14)23/h8-10H,5-7H2,1-4H3,(H,20,22,24). The van der Waals surface area contributed by atoms with Crippen molar-refractivity contribution in [1.82, 2.24) is 14.8 Å². The molecule has 0 radical (unpaired) electrons. The number of nitrogens with zero attached hydrogens (tertiary/aromatic N) is 3. The minimum Gasteiger partial charge on any atom is -0.307 e. The predicted octanol–water partition coefficient (Wildman–Crippen LogP) is 3.37. The van der Waals surface area contributed by atoms with Crippen molar-refractivity contribution in [2.45, 2.75) is 47.1 Å². The quantitative estimate of drug-likeness (QED) is 0.747. The third-order valence-electron chi connectivity index (χ3n) is 4.32. The van der Waals surface area contributed by atoms with Crippen molar-refractivity contribution in [2.75, 3.05) is 5.32 Å². The molecule has 0 saturated heterocycles. The molecule has 3 rings (SSSR count). The Kier molecular flexibility index (Phi) is 5.18. The Morgan fingerprint density at radius 2 is 1.92 bits per heavy atom. The van der Waals surface area contributed by atoms with Crippen molar-refractivity contribution in [3.05, 3.63) is 50.3 Å². The average molecular weight is 370 g/mol. The summed E-state index contributed by atoms with van der Waals surface area (Å²) in [4.78, 5) is 24.8. The van der Waals surface area contributed by atoms with E-state index in [-0.39, 0.29) is 17.9 Å². The smallest absolute Gasteiger partial charge is 0.251 e. The fourth-order valence-corrected chi connectivity index (χ4v) is 3.83. The van der Waals surface area contributed by atoms with Crippen LogP contribution < -0.4 is 10.9 Å². The van der Waals surface area contributed by atoms with E-state index in [1.165, 1.54) is 11.3 Å². The second-order valence-corrected chi connectivity index (χ2v) is 7.51. The van der Waals surface area contributed by atoms with E-state index in [0.29, 0.717) is 11.7 Å². The third kappa shape index (κ3) is 3.67. The molecule has 7 heteroatoms. The maximum absolute atomic E-state index is 12.5. The minimum atomic E-state index is -0.172. The Hall–Kier alpha value is -2.54. The van der Waals surface area contributed by atoms with Gasteiger partial charge in [-0.2, -0.15) is 0 Å². The van der Waals surface area contributed by atoms with E-state index in [2.05, 4.69) is 27.6 Å². The number of anilines is 1. The maximum Gasteiger partial charge on any atom is 0.251 e. The largest absolute Gasteiger partial charge is 0.307 e. The molecule has 0 unspecified atom stereocenters. The first-order valence-corrected chi connectivity index (χ1v) is 9.44. The summed E-state index contributed by atoms with van der Waals surface area (Å²) >= 11 is 1.37. The number of aryl methyl sites for hydroxylation is 5. The van der Waals surface area contributed by atoms with Crippen LogP contribution in [0.15, 0.2) is 23.0 Å². The molecule has 1 N–H and O–H groups in total. The fourth-order valence-electron chi connectivity index (χ4n) is 3.13. The zero-order valence-corrected chi connectivity index (χ0v) is 16.2. The molecule has 2 aromatic heterocycles. The van der Waals surface area contributed by atoms with E-state index in [9.17, 15) is 9.59 Å². The highest BCUT2D eigenvalue weighted by Gasteiger charge is 2.12. The first-order valence-electron chi connectivity index (χ1n) is 8.62. The molecule has 0 atom stereocenters. The van der Waals surface area contributed by atoms with Gasteiger partial charge in [0, 0.05) is 24.4 Å². The number of aromatic nitrogens is 3. The van der Waals surface area contributed by atoms with Gasteiger partial charge in [0.15, 0.2) is 0 Å². The van der Waals surface area contributed by atoms with Crippen molar-refractivity contribution in [1.29, 1.82) is 0 Å². The fraction of sp³-hybridized carbons (Fsp3) is 0.368. The van der Waals surface area contributed by atoms with E-state index < -0.39 is 0 Å². The van der Waals surface area contributed by atoms with Gasteiger partial charge >= 0.3 is 0 Å². The zero-order valence-electron chi connectivity index (χ0n) is 15.4. The summed E-state index contributed by atoms with van der Waals surface area (Å²) in [6, 6.07) is 5.78. The molecule has 136 valence electrons. The second-order valence-electron chi connectivity index (χ2n) is 6.45. The number of pyridine rings is 1. The number of carbonyl (C=O) groups is 1. The van der Waals surface area contributed by atoms with Crippen molar-refractivity contribution in [3.63, 3.8) is 0 Å². The lowest BCUT2D eigenvalue weighted by molar-refractivity contribution is -0.116. The van der Waals surface area contributed by atoms with Gasteiger partial charge in [0.25, 0.3) is 5.56 Å². The maximum atomic E-state index is 12.5. The summed E-state index contributed by atoms with van der Waals surface area (Å²) in [5, 5.41) is 13.1. The van der Waals surface area contributed by atoms with E-state index in [4.69, 9.17) is 0 Å². The van der Waals surface area contributed by atoms with Gasteiger partial charge in [0.2, 0.25) is 11.0 Å². The van der Waals surface area contributed by atoms with Gasteiger partial charge in [-0.15, -0.1) is 10.2 Å². The first-order chi connectivity index (χ1) is 12.4. The van der Waals surface area contributed by atoms with Gasteiger partial charge in [-0.3, -0.25) is 9.59 Å². The normalized spacial score (nSPS) is 11.1. The number of hydrogen-bond donors (Lipinski definition) is 1. The van der Waals surface area contributed by atoms with Gasteiger partial charge < -0.3 is 9.88 Å². The van der Waals surface area contributed by atoms with E-state index in [1.54, 1.807) is 10.6 Å². The Morgan fingerprint density at radius 3 is 2.62 bits per heavy atom. The van der Waals surface area contributed by atoms with Crippen molar-refractivity contribution < 1.29 is 4.79 Å². The van der Waals surface area contributed by atoms with Crippen LogP contribution in [0.5, 0.6) is 0 Å². The number of carbonyl (C=O) groups excluding carboxylic acids is 1. The molecule has 0 fully saturated rings. The van der Waals surface area contributed by atoms with Gasteiger partial charge in [-0.05, 0) is 44.4 Å². The molecule has 0 spiro atoms. The minimum absolute atomic E-state index is 0.0843. The number of fused-ring (bicyclic) bond motifs is 1. The lowest BCUT2D eigenvalue weighted by Crippen LogP contribution is -2.24. The molecular formula is C19H22N4O2S. The summed E-state index contributed by atoms with van der Waals surface area (Å²) in [6.07, 6.45) is 0.989. The van der Waals surface area contributed by atoms with Crippen molar-refractivity contribution in [2.24, 2.45) is 0 Å². The van der Waals surface area contributed by atoms with Crippen LogP contribution >= 0.6 is 11.3 Å². The Bertz CT molecular complexity index is 1040. The molecule has 6 nitrogen and oxygen atoms in total. The highest BCUT2D eigenvalue weighted by molar-refractivity contribution is 7.15. The Morgan fingerprint density at radius 1 is 1.15 bits per heavy atom. The highest BCUT2D eigenvalue weighted by Crippen LogP contribution is 2.22. The van der Waals surface area contributed by atoms with Gasteiger partial charge in [-0.1, -0.05) is 29.9 Å². The van der Waals surface area contributed by atoms with Crippen LogP contribution in [-0.4, -0.2) is 20.7 Å². The van der Waals surface area contributed by atoms with E-state index in [1.807, 2.05) is 27.7 Å². The number of benzene rings is 1. The van der Waals surface area contributed by atoms with Crippen LogP contribution in [0.25, 0.3) is 10.9 Å². The molecule has 0 saturated carbocycles. The molecule has 1 aromatic carbocycles. The molecular weight excluding hydrogens is 348 g/mol.